The topological polar surface area (TPSA) is 3.24 Å². The Morgan fingerprint density at radius 1 is 0.182 bits per heavy atom. The summed E-state index contributed by atoms with van der Waals surface area (Å²) >= 11 is 0. The maximum atomic E-state index is 2.38. The summed E-state index contributed by atoms with van der Waals surface area (Å²) in [4.78, 5) is 2.38. The van der Waals surface area contributed by atoms with Gasteiger partial charge < -0.3 is 4.90 Å². The van der Waals surface area contributed by atoms with Crippen molar-refractivity contribution >= 4 is 17.1 Å². The van der Waals surface area contributed by atoms with Crippen LogP contribution in [0.5, 0.6) is 0 Å². The van der Waals surface area contributed by atoms with Gasteiger partial charge >= 0.3 is 0 Å². The van der Waals surface area contributed by atoms with Gasteiger partial charge in [0.1, 0.15) is 0 Å². The first-order valence-electron chi connectivity index (χ1n) is 18.8. The Bertz CT molecular complexity index is 2460. The quantitative estimate of drug-likeness (QED) is 0.145. The molecule has 0 aliphatic rings. The molecule has 0 aromatic heterocycles. The van der Waals surface area contributed by atoms with Gasteiger partial charge in [0.25, 0.3) is 0 Å². The normalized spacial score (nSPS) is 10.9. The summed E-state index contributed by atoms with van der Waals surface area (Å²) in [5.74, 6) is 0. The fraction of sp³-hybridized carbons (Fsp3) is 0. The summed E-state index contributed by atoms with van der Waals surface area (Å²) in [5.41, 5.74) is 17.6. The van der Waals surface area contributed by atoms with E-state index in [1.54, 1.807) is 0 Å². The molecule has 0 aliphatic carbocycles. The van der Waals surface area contributed by atoms with Gasteiger partial charge in [-0.25, -0.2) is 0 Å². The Hall–Kier alpha value is -7.22. The Labute approximate surface area is 324 Å². The second kappa shape index (κ2) is 15.4. The second-order valence-electron chi connectivity index (χ2n) is 13.7. The number of hydrogen-bond donors (Lipinski definition) is 0. The van der Waals surface area contributed by atoms with Gasteiger partial charge in [-0.05, 0) is 103 Å². The summed E-state index contributed by atoms with van der Waals surface area (Å²) in [5, 5.41) is 0. The molecule has 0 saturated heterocycles. The van der Waals surface area contributed by atoms with Crippen LogP contribution in [0.1, 0.15) is 0 Å². The van der Waals surface area contributed by atoms with E-state index in [4.69, 9.17) is 0 Å². The van der Waals surface area contributed by atoms with Gasteiger partial charge in [-0.1, -0.05) is 200 Å². The van der Waals surface area contributed by atoms with Crippen molar-refractivity contribution in [3.05, 3.63) is 237 Å². The molecule has 1 heteroatoms. The molecule has 1 nitrogen and oxygen atoms in total. The predicted molar refractivity (Wildman–Crippen MR) is 234 cm³/mol. The van der Waals surface area contributed by atoms with Crippen molar-refractivity contribution in [2.24, 2.45) is 0 Å². The average Bonchev–Trinajstić information content (AvgIpc) is 3.28. The molecule has 0 bridgehead atoms. The molecule has 0 spiro atoms. The lowest BCUT2D eigenvalue weighted by molar-refractivity contribution is 1.28. The van der Waals surface area contributed by atoms with Gasteiger partial charge in [-0.2, -0.15) is 0 Å². The fourth-order valence-electron chi connectivity index (χ4n) is 7.53. The third-order valence-electron chi connectivity index (χ3n) is 10.3. The minimum absolute atomic E-state index is 1.09. The lowest BCUT2D eigenvalue weighted by atomic mass is 9.91. The number of anilines is 3. The smallest absolute Gasteiger partial charge is 0.0468 e. The first-order valence-corrected chi connectivity index (χ1v) is 18.8. The maximum Gasteiger partial charge on any atom is 0.0468 e. The molecule has 0 N–H and O–H groups in total. The highest BCUT2D eigenvalue weighted by Crippen LogP contribution is 2.44. The van der Waals surface area contributed by atoms with Crippen LogP contribution < -0.4 is 4.90 Å². The van der Waals surface area contributed by atoms with E-state index in [0.29, 0.717) is 0 Å². The summed E-state index contributed by atoms with van der Waals surface area (Å²) in [6.07, 6.45) is 0. The van der Waals surface area contributed by atoms with Crippen molar-refractivity contribution in [1.29, 1.82) is 0 Å². The minimum Gasteiger partial charge on any atom is -0.310 e. The molecular weight excluding hydrogens is 663 g/mol. The van der Waals surface area contributed by atoms with Crippen LogP contribution in [0.2, 0.25) is 0 Å². The third-order valence-corrected chi connectivity index (χ3v) is 10.3. The number of rotatable bonds is 9. The third kappa shape index (κ3) is 7.12. The molecule has 9 rings (SSSR count). The molecule has 260 valence electrons. The van der Waals surface area contributed by atoms with E-state index in [-0.39, 0.29) is 0 Å². The number of benzene rings is 9. The van der Waals surface area contributed by atoms with E-state index in [9.17, 15) is 0 Å². The molecule has 0 heterocycles. The molecule has 0 saturated carbocycles. The van der Waals surface area contributed by atoms with Gasteiger partial charge in [0.2, 0.25) is 0 Å². The number of para-hydroxylation sites is 1. The van der Waals surface area contributed by atoms with E-state index >= 15 is 0 Å². The number of hydrogen-bond acceptors (Lipinski definition) is 1. The first-order chi connectivity index (χ1) is 27.3. The Kier molecular flexibility index (Phi) is 9.41. The second-order valence-corrected chi connectivity index (χ2v) is 13.7. The standard InChI is InChI=1S/C54H39N/c1-6-16-40(17-7-1)42-26-30-46(31-27-42)51-36-34-49(38-53(51)44-20-10-3-11-21-44)55(48-24-14-5-15-25-48)50-35-37-52(54(39-50)45-22-12-4-13-23-45)47-32-28-43(29-33-47)41-18-8-2-9-19-41/h1-39H. The zero-order valence-corrected chi connectivity index (χ0v) is 30.5. The first kappa shape index (κ1) is 33.6. The van der Waals surface area contributed by atoms with Gasteiger partial charge in [-0.3, -0.25) is 0 Å². The van der Waals surface area contributed by atoms with Crippen LogP contribution in [0, 0.1) is 0 Å². The monoisotopic (exact) mass is 701 g/mol. The molecule has 0 unspecified atom stereocenters. The molecule has 9 aromatic rings. The van der Waals surface area contributed by atoms with Crippen LogP contribution in [0.3, 0.4) is 0 Å². The fourth-order valence-corrected chi connectivity index (χ4v) is 7.53. The van der Waals surface area contributed by atoms with Crippen LogP contribution in [0.4, 0.5) is 17.1 Å². The molecule has 0 atom stereocenters. The highest BCUT2D eigenvalue weighted by Gasteiger charge is 2.19. The van der Waals surface area contributed by atoms with E-state index in [1.807, 2.05) is 0 Å². The van der Waals surface area contributed by atoms with Crippen LogP contribution in [0.25, 0.3) is 66.8 Å². The van der Waals surface area contributed by atoms with Crippen molar-refractivity contribution in [1.82, 2.24) is 0 Å². The largest absolute Gasteiger partial charge is 0.310 e. The Balaban J connectivity index is 1.17. The van der Waals surface area contributed by atoms with Crippen molar-refractivity contribution in [2.75, 3.05) is 4.90 Å². The highest BCUT2D eigenvalue weighted by molar-refractivity contribution is 5.92. The minimum atomic E-state index is 1.09. The SMILES string of the molecule is c1ccc(-c2ccc(-c3ccc(N(c4ccccc4)c4ccc(-c5ccc(-c6ccccc6)cc5)c(-c5ccccc5)c4)cc3-c3ccccc3)cc2)cc1. The van der Waals surface area contributed by atoms with Crippen molar-refractivity contribution in [2.45, 2.75) is 0 Å². The van der Waals surface area contributed by atoms with Crippen molar-refractivity contribution < 1.29 is 0 Å². The lowest BCUT2D eigenvalue weighted by Crippen LogP contribution is -2.10. The van der Waals surface area contributed by atoms with Gasteiger partial charge in [0.05, 0.1) is 0 Å². The van der Waals surface area contributed by atoms with E-state index in [0.717, 1.165) is 17.1 Å². The maximum absolute atomic E-state index is 2.38. The van der Waals surface area contributed by atoms with Crippen LogP contribution in [-0.2, 0) is 0 Å². The summed E-state index contributed by atoms with van der Waals surface area (Å²) in [7, 11) is 0. The molecule has 9 aromatic carbocycles. The molecule has 0 aliphatic heterocycles. The van der Waals surface area contributed by atoms with Gasteiger partial charge in [0, 0.05) is 17.1 Å². The van der Waals surface area contributed by atoms with Crippen LogP contribution in [-0.4, -0.2) is 0 Å². The summed E-state index contributed by atoms with van der Waals surface area (Å²) < 4.78 is 0. The Morgan fingerprint density at radius 2 is 0.455 bits per heavy atom. The van der Waals surface area contributed by atoms with Gasteiger partial charge in [-0.15, -0.1) is 0 Å². The number of nitrogens with zero attached hydrogens (tertiary/aromatic N) is 1. The van der Waals surface area contributed by atoms with Crippen LogP contribution >= 0.6 is 0 Å². The molecule has 0 radical (unpaired) electrons. The lowest BCUT2D eigenvalue weighted by Gasteiger charge is -2.28. The summed E-state index contributed by atoms with van der Waals surface area (Å²) in [6, 6.07) is 85.0. The molecule has 0 amide bonds. The highest BCUT2D eigenvalue weighted by atomic mass is 15.1. The molecular formula is C54H39N. The summed E-state index contributed by atoms with van der Waals surface area (Å²) in [6.45, 7) is 0. The van der Waals surface area contributed by atoms with Crippen molar-refractivity contribution in [3.8, 4) is 66.8 Å². The van der Waals surface area contributed by atoms with Crippen LogP contribution in [0.15, 0.2) is 237 Å². The van der Waals surface area contributed by atoms with Crippen molar-refractivity contribution in [3.63, 3.8) is 0 Å². The van der Waals surface area contributed by atoms with E-state index in [1.165, 1.54) is 66.8 Å². The Morgan fingerprint density at radius 3 is 0.818 bits per heavy atom. The zero-order chi connectivity index (χ0) is 36.8. The van der Waals surface area contributed by atoms with Gasteiger partial charge in [0.15, 0.2) is 0 Å². The molecule has 0 fully saturated rings. The molecule has 55 heavy (non-hydrogen) atoms. The van der Waals surface area contributed by atoms with E-state index < -0.39 is 0 Å². The van der Waals surface area contributed by atoms with E-state index in [2.05, 4.69) is 241 Å². The predicted octanol–water partition coefficient (Wildman–Crippen LogP) is 15.2. The zero-order valence-electron chi connectivity index (χ0n) is 30.5. The average molecular weight is 702 g/mol.